The molecule has 0 unspecified atom stereocenters. The maximum absolute atomic E-state index is 9.75. The van der Waals surface area contributed by atoms with E-state index in [1.54, 1.807) is 4.72 Å². The maximum atomic E-state index is 9.75. The van der Waals surface area contributed by atoms with E-state index in [1.807, 2.05) is 0 Å². The second-order valence-corrected chi connectivity index (χ2v) is 2.36. The molecule has 49 valence electrons. The van der Waals surface area contributed by atoms with Crippen molar-refractivity contribution in [2.24, 2.45) is 0 Å². The van der Waals surface area contributed by atoms with Crippen molar-refractivity contribution in [2.75, 3.05) is 13.1 Å². The minimum absolute atomic E-state index is 0.0428. The molecule has 5 nitrogen and oxygen atoms in total. The molecule has 3 N–H and O–H groups in total. The van der Waals surface area contributed by atoms with Crippen LogP contribution in [0.2, 0.25) is 0 Å². The van der Waals surface area contributed by atoms with Crippen molar-refractivity contribution in [2.45, 2.75) is 0 Å². The highest BCUT2D eigenvalue weighted by atomic mass is 32.2. The molecule has 0 aliphatic carbocycles. The van der Waals surface area contributed by atoms with Crippen LogP contribution in [0.1, 0.15) is 0 Å². The van der Waals surface area contributed by atoms with Crippen molar-refractivity contribution in [1.82, 2.24) is 10.5 Å². The van der Waals surface area contributed by atoms with E-state index >= 15 is 0 Å². The Morgan fingerprint density at radius 1 is 1.62 bits per heavy atom. The van der Waals surface area contributed by atoms with Crippen LogP contribution >= 0.6 is 0 Å². The Balaban J connectivity index is 3.42. The molecule has 0 saturated heterocycles. The van der Waals surface area contributed by atoms with Crippen molar-refractivity contribution in [1.29, 1.82) is 0 Å². The van der Waals surface area contributed by atoms with Gasteiger partial charge in [0.15, 0.2) is 0 Å². The summed E-state index contributed by atoms with van der Waals surface area (Å²) in [6.07, 6.45) is 0. The topological polar surface area (TPSA) is 90.2 Å². The normalized spacial score (nSPS) is 11.8. The summed E-state index contributed by atoms with van der Waals surface area (Å²) < 4.78 is 29.1. The van der Waals surface area contributed by atoms with E-state index in [2.05, 4.69) is 0 Å². The molecule has 8 heavy (non-hydrogen) atoms. The third-order valence-electron chi connectivity index (χ3n) is 0.409. The van der Waals surface area contributed by atoms with E-state index in [0.717, 1.165) is 0 Å². The smallest absolute Gasteiger partial charge is 0.273 e. The Morgan fingerprint density at radius 3 is 2.25 bits per heavy atom. The van der Waals surface area contributed by atoms with Crippen molar-refractivity contribution in [3.8, 4) is 0 Å². The Morgan fingerprint density at radius 2 is 2.12 bits per heavy atom. The fourth-order valence-corrected chi connectivity index (χ4v) is 0.540. The van der Waals surface area contributed by atoms with E-state index in [9.17, 15) is 8.42 Å². The lowest BCUT2D eigenvalue weighted by Crippen LogP contribution is -2.25. The van der Waals surface area contributed by atoms with Gasteiger partial charge in [0, 0.05) is 13.1 Å². The predicted molar refractivity (Wildman–Crippen MR) is 27.5 cm³/mol. The maximum Gasteiger partial charge on any atom is 0.333 e. The van der Waals surface area contributed by atoms with Crippen LogP contribution in [0.25, 0.3) is 0 Å². The lowest BCUT2D eigenvalue weighted by atomic mass is 10.7. The van der Waals surface area contributed by atoms with Gasteiger partial charge in [0.25, 0.3) is 0 Å². The Kier molecular flexibility index (Phi) is 2.91. The highest BCUT2D eigenvalue weighted by molar-refractivity contribution is 7.83. The first kappa shape index (κ1) is 7.83. The average Bonchev–Trinajstić information content (AvgIpc) is 1.59. The minimum Gasteiger partial charge on any atom is -0.273 e. The molecule has 0 fully saturated rings. The summed E-state index contributed by atoms with van der Waals surface area (Å²) in [5.74, 6) is 0. The van der Waals surface area contributed by atoms with Crippen LogP contribution in [0.15, 0.2) is 0 Å². The van der Waals surface area contributed by atoms with Gasteiger partial charge in [0.05, 0.1) is 0 Å². The van der Waals surface area contributed by atoms with Gasteiger partial charge >= 0.3 is 10.3 Å². The van der Waals surface area contributed by atoms with E-state index < -0.39 is 10.3 Å². The minimum atomic E-state index is -4.06. The van der Waals surface area contributed by atoms with E-state index in [4.69, 9.17) is 10.3 Å². The van der Waals surface area contributed by atoms with Gasteiger partial charge in [0.1, 0.15) is 0 Å². The molecular formula is C2H7N2O3S. The van der Waals surface area contributed by atoms with Gasteiger partial charge in [-0.15, -0.1) is 0 Å². The monoisotopic (exact) mass is 139 g/mol. The van der Waals surface area contributed by atoms with Gasteiger partial charge in [-0.25, -0.2) is 0 Å². The molecule has 0 atom stereocenters. The van der Waals surface area contributed by atoms with Crippen molar-refractivity contribution in [3.05, 3.63) is 0 Å². The molecule has 0 aliphatic rings. The van der Waals surface area contributed by atoms with Gasteiger partial charge in [-0.05, 0) is 0 Å². The predicted octanol–water partition coefficient (Wildman–Crippen LogP) is -1.34. The summed E-state index contributed by atoms with van der Waals surface area (Å²) in [6.45, 7) is -0.112. The number of hydrogen-bond donors (Lipinski definition) is 2. The lowest BCUT2D eigenvalue weighted by molar-refractivity contribution is 0.468. The third-order valence-corrected chi connectivity index (χ3v) is 0.978. The summed E-state index contributed by atoms with van der Waals surface area (Å²) in [6, 6.07) is 0. The number of nitrogens with one attached hydrogen (secondary N) is 2. The van der Waals surface area contributed by atoms with Gasteiger partial charge in [0.2, 0.25) is 0 Å². The van der Waals surface area contributed by atoms with Crippen LogP contribution in [0.5, 0.6) is 0 Å². The van der Waals surface area contributed by atoms with Crippen molar-refractivity contribution < 1.29 is 13.0 Å². The van der Waals surface area contributed by atoms with Gasteiger partial charge in [-0.1, -0.05) is 0 Å². The average molecular weight is 139 g/mol. The molecule has 0 rings (SSSR count). The van der Waals surface area contributed by atoms with E-state index in [1.165, 1.54) is 0 Å². The van der Waals surface area contributed by atoms with Crippen LogP contribution in [0, 0.1) is 0 Å². The fourth-order valence-electron chi connectivity index (χ4n) is 0.180. The van der Waals surface area contributed by atoms with Crippen LogP contribution < -0.4 is 10.5 Å². The van der Waals surface area contributed by atoms with Gasteiger partial charge < -0.3 is 0 Å². The van der Waals surface area contributed by atoms with Crippen LogP contribution in [-0.2, 0) is 10.3 Å². The summed E-state index contributed by atoms with van der Waals surface area (Å²) in [7, 11) is -4.06. The number of hydrogen-bond acceptors (Lipinski definition) is 2. The summed E-state index contributed by atoms with van der Waals surface area (Å²) in [5, 5.41) is 0. The van der Waals surface area contributed by atoms with E-state index in [-0.39, 0.29) is 13.1 Å². The number of rotatable bonds is 3. The molecule has 0 amide bonds. The third kappa shape index (κ3) is 5.83. The molecule has 0 aromatic heterocycles. The first-order chi connectivity index (χ1) is 3.56. The van der Waals surface area contributed by atoms with E-state index in [0.29, 0.717) is 0 Å². The summed E-state index contributed by atoms with van der Waals surface area (Å²) >= 11 is 0. The lowest BCUT2D eigenvalue weighted by Gasteiger charge is -1.93. The zero-order valence-electron chi connectivity index (χ0n) is 4.09. The zero-order chi connectivity index (χ0) is 6.62. The largest absolute Gasteiger partial charge is 0.333 e. The van der Waals surface area contributed by atoms with Gasteiger partial charge in [-0.3, -0.25) is 10.3 Å². The molecule has 1 radical (unpaired) electrons. The Labute approximate surface area is 47.8 Å². The van der Waals surface area contributed by atoms with Crippen molar-refractivity contribution >= 4 is 10.3 Å². The molecule has 6 heteroatoms. The second kappa shape index (κ2) is 2.98. The van der Waals surface area contributed by atoms with Crippen LogP contribution in [0.3, 0.4) is 0 Å². The Hall–Kier alpha value is -0.170. The molecular weight excluding hydrogens is 132 g/mol. The summed E-state index contributed by atoms with van der Waals surface area (Å²) in [4.78, 5) is 0. The molecule has 0 aliphatic heterocycles. The molecule has 0 saturated carbocycles. The highest BCUT2D eigenvalue weighted by Gasteiger charge is 1.97. The van der Waals surface area contributed by atoms with Crippen LogP contribution in [0.4, 0.5) is 0 Å². The second-order valence-electron chi connectivity index (χ2n) is 1.12. The van der Waals surface area contributed by atoms with Crippen molar-refractivity contribution in [3.63, 3.8) is 0 Å². The fraction of sp³-hybridized carbons (Fsp3) is 1.00. The standard InChI is InChI=1S/C2H7N2O3S/c3-1-2-4-8(5,6)7/h3-4H,1-2H2,(H,5,6,7). The summed E-state index contributed by atoms with van der Waals surface area (Å²) in [5.41, 5.74) is 6.44. The molecule has 0 bridgehead atoms. The van der Waals surface area contributed by atoms with Crippen LogP contribution in [-0.4, -0.2) is 26.1 Å². The van der Waals surface area contributed by atoms with Gasteiger partial charge in [-0.2, -0.15) is 13.1 Å². The first-order valence-corrected chi connectivity index (χ1v) is 3.37. The first-order valence-electron chi connectivity index (χ1n) is 1.93. The quantitative estimate of drug-likeness (QED) is 0.474. The molecule has 0 spiro atoms. The molecule has 0 aromatic carbocycles. The highest BCUT2D eigenvalue weighted by Crippen LogP contribution is 1.67. The molecule has 0 aromatic rings. The zero-order valence-corrected chi connectivity index (χ0v) is 4.90. The SMILES string of the molecule is [NH]CCNS(=O)(=O)O. The Bertz CT molecular complexity index is 139. The molecule has 0 heterocycles.